The van der Waals surface area contributed by atoms with Crippen molar-refractivity contribution in [2.45, 2.75) is 44.2 Å². The molecule has 1 saturated carbocycles. The number of likely N-dealkylation sites (tertiary alicyclic amines) is 1. The molecular weight excluding hydrogens is 454 g/mol. The van der Waals surface area contributed by atoms with Crippen LogP contribution in [0.2, 0.25) is 0 Å². The molecule has 0 spiro atoms. The molecule has 1 aromatic heterocycles. The zero-order valence-corrected chi connectivity index (χ0v) is 19.8. The summed E-state index contributed by atoms with van der Waals surface area (Å²) in [6.07, 6.45) is 4.71. The van der Waals surface area contributed by atoms with Crippen molar-refractivity contribution in [1.29, 1.82) is 0 Å². The average molecular weight is 484 g/mol. The van der Waals surface area contributed by atoms with Crippen LogP contribution in [-0.4, -0.2) is 66.0 Å². The number of nitrogens with zero attached hydrogens (tertiary/aromatic N) is 3. The van der Waals surface area contributed by atoms with Gasteiger partial charge >= 0.3 is 0 Å². The van der Waals surface area contributed by atoms with Crippen LogP contribution in [0.25, 0.3) is 0 Å². The lowest BCUT2D eigenvalue weighted by molar-refractivity contribution is -0.126. The van der Waals surface area contributed by atoms with Gasteiger partial charge in [0.2, 0.25) is 0 Å². The molecule has 1 aliphatic carbocycles. The first kappa shape index (κ1) is 22.8. The van der Waals surface area contributed by atoms with E-state index in [-0.39, 0.29) is 23.6 Å². The fraction of sp³-hybridized carbons (Fsp3) is 0.500. The standard InChI is InChI=1S/C24H29N5O4S/c30-21(18-15-34-24(25-18)28-10-12-33-13-11-28)26-27-22(31)20-14-17-8-4-5-9-19(17)29(20)23(32)16-6-2-1-3-7-16/h1-3,6-7,15,17,19-20H,4-5,8-14H2,(H,26,30)(H,27,31). The summed E-state index contributed by atoms with van der Waals surface area (Å²) >= 11 is 1.39. The number of hydrogen-bond donors (Lipinski definition) is 2. The van der Waals surface area contributed by atoms with Gasteiger partial charge in [0.25, 0.3) is 17.7 Å². The number of morpholine rings is 1. The van der Waals surface area contributed by atoms with Crippen LogP contribution in [0.3, 0.4) is 0 Å². The Labute approximate surface area is 202 Å². The normalized spacial score (nSPS) is 24.4. The lowest BCUT2D eigenvalue weighted by Gasteiger charge is -2.33. The fourth-order valence-corrected chi connectivity index (χ4v) is 6.11. The molecule has 2 N–H and O–H groups in total. The van der Waals surface area contributed by atoms with Gasteiger partial charge in [-0.1, -0.05) is 31.0 Å². The maximum atomic E-state index is 13.4. The van der Waals surface area contributed by atoms with E-state index >= 15 is 0 Å². The van der Waals surface area contributed by atoms with E-state index in [9.17, 15) is 14.4 Å². The number of aromatic nitrogens is 1. The SMILES string of the molecule is O=C(NNC(=O)C1CC2CCCCC2N1C(=O)c1ccccc1)c1csc(N2CCOCC2)n1. The van der Waals surface area contributed by atoms with E-state index in [2.05, 4.69) is 20.7 Å². The van der Waals surface area contributed by atoms with E-state index in [1.54, 1.807) is 22.4 Å². The summed E-state index contributed by atoms with van der Waals surface area (Å²) < 4.78 is 5.36. The quantitative estimate of drug-likeness (QED) is 0.647. The highest BCUT2D eigenvalue weighted by Gasteiger charge is 2.47. The third-order valence-corrected chi connectivity index (χ3v) is 7.85. The zero-order chi connectivity index (χ0) is 23.5. The predicted molar refractivity (Wildman–Crippen MR) is 128 cm³/mol. The fourth-order valence-electron chi connectivity index (χ4n) is 5.25. The smallest absolute Gasteiger partial charge is 0.289 e. The first-order chi connectivity index (χ1) is 16.6. The number of nitrogens with one attached hydrogen (secondary N) is 2. The number of fused-ring (bicyclic) bond motifs is 1. The first-order valence-corrected chi connectivity index (χ1v) is 12.8. The van der Waals surface area contributed by atoms with Crippen LogP contribution < -0.4 is 15.8 Å². The van der Waals surface area contributed by atoms with Crippen molar-refractivity contribution >= 4 is 34.2 Å². The molecule has 180 valence electrons. The molecule has 5 rings (SSSR count). The van der Waals surface area contributed by atoms with Crippen LogP contribution in [0.4, 0.5) is 5.13 Å². The number of thiazole rings is 1. The Morgan fingerprint density at radius 1 is 1.03 bits per heavy atom. The van der Waals surface area contributed by atoms with E-state index in [0.717, 1.165) is 43.9 Å². The van der Waals surface area contributed by atoms with Gasteiger partial charge in [0.15, 0.2) is 5.13 Å². The summed E-state index contributed by atoms with van der Waals surface area (Å²) in [5.41, 5.74) is 5.88. The molecule has 3 amide bonds. The Kier molecular flexibility index (Phi) is 6.77. The number of anilines is 1. The Bertz CT molecular complexity index is 1040. The van der Waals surface area contributed by atoms with Crippen molar-refractivity contribution in [3.8, 4) is 0 Å². The van der Waals surface area contributed by atoms with E-state index in [0.29, 0.717) is 31.1 Å². The minimum atomic E-state index is -0.611. The number of carbonyl (C=O) groups excluding carboxylic acids is 3. The molecule has 3 aliphatic rings. The van der Waals surface area contributed by atoms with Crippen molar-refractivity contribution in [3.05, 3.63) is 47.0 Å². The summed E-state index contributed by atoms with van der Waals surface area (Å²) in [6.45, 7) is 2.75. The van der Waals surface area contributed by atoms with E-state index in [4.69, 9.17) is 4.74 Å². The average Bonchev–Trinajstić information content (AvgIpc) is 3.53. The van der Waals surface area contributed by atoms with Gasteiger partial charge in [-0.25, -0.2) is 4.98 Å². The minimum Gasteiger partial charge on any atom is -0.378 e. The van der Waals surface area contributed by atoms with Crippen LogP contribution in [0.15, 0.2) is 35.7 Å². The summed E-state index contributed by atoms with van der Waals surface area (Å²) in [5, 5.41) is 2.45. The van der Waals surface area contributed by atoms with Crippen molar-refractivity contribution in [1.82, 2.24) is 20.7 Å². The minimum absolute atomic E-state index is 0.0579. The third-order valence-electron chi connectivity index (χ3n) is 6.95. The molecule has 2 aromatic rings. The van der Waals surface area contributed by atoms with Crippen molar-refractivity contribution < 1.29 is 19.1 Å². The second-order valence-corrected chi connectivity index (χ2v) is 9.84. The summed E-state index contributed by atoms with van der Waals surface area (Å²) in [7, 11) is 0. The zero-order valence-electron chi connectivity index (χ0n) is 18.9. The Morgan fingerprint density at radius 2 is 1.79 bits per heavy atom. The van der Waals surface area contributed by atoms with Gasteiger partial charge in [0, 0.05) is 30.1 Å². The van der Waals surface area contributed by atoms with Crippen molar-refractivity contribution in [2.24, 2.45) is 5.92 Å². The van der Waals surface area contributed by atoms with E-state index in [1.807, 2.05) is 18.2 Å². The topological polar surface area (TPSA) is 104 Å². The predicted octanol–water partition coefficient (Wildman–Crippen LogP) is 2.21. The summed E-state index contributed by atoms with van der Waals surface area (Å²) in [6, 6.07) is 8.54. The molecule has 3 atom stereocenters. The number of benzene rings is 1. The molecule has 10 heteroatoms. The van der Waals surface area contributed by atoms with Gasteiger partial charge in [0.1, 0.15) is 11.7 Å². The number of hydrogen-bond acceptors (Lipinski definition) is 7. The first-order valence-electron chi connectivity index (χ1n) is 11.9. The number of carbonyl (C=O) groups is 3. The van der Waals surface area contributed by atoms with E-state index < -0.39 is 11.9 Å². The number of amides is 3. The molecule has 9 nitrogen and oxygen atoms in total. The van der Waals surface area contributed by atoms with Crippen LogP contribution >= 0.6 is 11.3 Å². The Hall–Kier alpha value is -2.98. The molecule has 3 unspecified atom stereocenters. The summed E-state index contributed by atoms with van der Waals surface area (Å²) in [5.74, 6) is -0.658. The van der Waals surface area contributed by atoms with Gasteiger partial charge in [-0.3, -0.25) is 25.2 Å². The Balaban J connectivity index is 1.25. The molecule has 0 bridgehead atoms. The van der Waals surface area contributed by atoms with Crippen molar-refractivity contribution in [3.63, 3.8) is 0 Å². The van der Waals surface area contributed by atoms with E-state index in [1.165, 1.54) is 11.3 Å². The van der Waals surface area contributed by atoms with Gasteiger partial charge in [-0.2, -0.15) is 0 Å². The second-order valence-electron chi connectivity index (χ2n) is 9.00. The van der Waals surface area contributed by atoms with Gasteiger partial charge in [-0.05, 0) is 37.3 Å². The highest BCUT2D eigenvalue weighted by molar-refractivity contribution is 7.13. The van der Waals surface area contributed by atoms with Crippen LogP contribution in [0.1, 0.15) is 53.0 Å². The molecule has 3 heterocycles. The largest absolute Gasteiger partial charge is 0.378 e. The number of hydrazine groups is 1. The van der Waals surface area contributed by atoms with Crippen LogP contribution in [-0.2, 0) is 9.53 Å². The van der Waals surface area contributed by atoms with Crippen molar-refractivity contribution in [2.75, 3.05) is 31.2 Å². The van der Waals surface area contributed by atoms with Crippen LogP contribution in [0, 0.1) is 5.92 Å². The highest BCUT2D eigenvalue weighted by atomic mass is 32.1. The van der Waals surface area contributed by atoms with Gasteiger partial charge in [-0.15, -0.1) is 11.3 Å². The molecule has 2 saturated heterocycles. The van der Waals surface area contributed by atoms with Gasteiger partial charge < -0.3 is 14.5 Å². The molecule has 0 radical (unpaired) electrons. The maximum Gasteiger partial charge on any atom is 0.289 e. The lowest BCUT2D eigenvalue weighted by Crippen LogP contribution is -2.53. The lowest BCUT2D eigenvalue weighted by atomic mass is 9.84. The number of rotatable bonds is 4. The Morgan fingerprint density at radius 3 is 2.59 bits per heavy atom. The maximum absolute atomic E-state index is 13.4. The molecular formula is C24H29N5O4S. The molecule has 1 aromatic carbocycles. The molecule has 34 heavy (non-hydrogen) atoms. The monoisotopic (exact) mass is 483 g/mol. The highest BCUT2D eigenvalue weighted by Crippen LogP contribution is 2.40. The molecule has 3 fully saturated rings. The molecule has 2 aliphatic heterocycles. The number of ether oxygens (including phenoxy) is 1. The third kappa shape index (κ3) is 4.65. The van der Waals surface area contributed by atoms with Crippen LogP contribution in [0.5, 0.6) is 0 Å². The second kappa shape index (κ2) is 10.1. The van der Waals surface area contributed by atoms with Gasteiger partial charge in [0.05, 0.1) is 13.2 Å². The summed E-state index contributed by atoms with van der Waals surface area (Å²) in [4.78, 5) is 47.4.